The van der Waals surface area contributed by atoms with E-state index in [4.69, 9.17) is 0 Å². The lowest BCUT2D eigenvalue weighted by Crippen LogP contribution is -2.04. The molecular formula is C38H22N4. The molecule has 2 heterocycles. The van der Waals surface area contributed by atoms with Crippen LogP contribution in [-0.4, -0.2) is 9.13 Å². The second kappa shape index (κ2) is 9.24. The minimum atomic E-state index is 0.461. The van der Waals surface area contributed by atoms with E-state index in [1.54, 1.807) is 12.1 Å². The van der Waals surface area contributed by atoms with E-state index in [9.17, 15) is 10.5 Å². The molecule has 0 spiro atoms. The Labute approximate surface area is 242 Å². The molecule has 0 radical (unpaired) electrons. The lowest BCUT2D eigenvalue weighted by atomic mass is 9.95. The van der Waals surface area contributed by atoms with Gasteiger partial charge in [0.2, 0.25) is 0 Å². The fourth-order valence-corrected chi connectivity index (χ4v) is 6.47. The van der Waals surface area contributed by atoms with Crippen LogP contribution in [0.5, 0.6) is 0 Å². The van der Waals surface area contributed by atoms with Crippen LogP contribution in [0.15, 0.2) is 133 Å². The Hall–Kier alpha value is -6.10. The van der Waals surface area contributed by atoms with Gasteiger partial charge in [-0.05, 0) is 48.5 Å². The van der Waals surface area contributed by atoms with Crippen LogP contribution in [0.1, 0.15) is 11.1 Å². The molecule has 8 rings (SSSR count). The monoisotopic (exact) mass is 534 g/mol. The summed E-state index contributed by atoms with van der Waals surface area (Å²) in [6, 6.07) is 50.1. The molecule has 0 saturated heterocycles. The number of fused-ring (bicyclic) bond motifs is 6. The molecule has 6 aromatic carbocycles. The highest BCUT2D eigenvalue weighted by atomic mass is 15.0. The standard InChI is InChI=1S/C38H22N4/c39-23-25-20-21-27(26(22-25)24-40)38-36(41-32-14-5-1-10-28(32)29-11-2-6-15-33(29)41)18-9-19-37(38)42-34-16-7-3-12-30(34)31-13-4-8-17-35(31)42/h1-22H. The smallest absolute Gasteiger partial charge is 0.0998 e. The Bertz CT molecular complexity index is 2200. The summed E-state index contributed by atoms with van der Waals surface area (Å²) in [5, 5.41) is 24.7. The molecule has 0 atom stereocenters. The van der Waals surface area contributed by atoms with E-state index in [1.807, 2.05) is 6.07 Å². The van der Waals surface area contributed by atoms with Gasteiger partial charge in [-0.15, -0.1) is 0 Å². The SMILES string of the molecule is N#Cc1ccc(-c2c(-n3c4ccccc4c4ccccc43)cccc2-n2c3ccccc3c3ccccc32)c(C#N)c1. The molecule has 0 saturated carbocycles. The van der Waals surface area contributed by atoms with Crippen molar-refractivity contribution in [2.45, 2.75) is 0 Å². The molecule has 0 bridgehead atoms. The van der Waals surface area contributed by atoms with E-state index in [1.165, 1.54) is 21.5 Å². The first kappa shape index (κ1) is 23.8. The Morgan fingerprint density at radius 2 is 0.857 bits per heavy atom. The molecule has 0 aliphatic rings. The van der Waals surface area contributed by atoms with Crippen LogP contribution in [0.2, 0.25) is 0 Å². The lowest BCUT2D eigenvalue weighted by molar-refractivity contribution is 1.14. The van der Waals surface area contributed by atoms with Gasteiger partial charge >= 0.3 is 0 Å². The minimum absolute atomic E-state index is 0.461. The third kappa shape index (κ3) is 3.33. The van der Waals surface area contributed by atoms with Gasteiger partial charge in [0.15, 0.2) is 0 Å². The summed E-state index contributed by atoms with van der Waals surface area (Å²) in [5.41, 5.74) is 8.92. The summed E-state index contributed by atoms with van der Waals surface area (Å²) in [4.78, 5) is 0. The predicted molar refractivity (Wildman–Crippen MR) is 170 cm³/mol. The highest BCUT2D eigenvalue weighted by Gasteiger charge is 2.23. The van der Waals surface area contributed by atoms with E-state index in [0.29, 0.717) is 11.1 Å². The highest BCUT2D eigenvalue weighted by Crippen LogP contribution is 2.42. The maximum atomic E-state index is 10.4. The average molecular weight is 535 g/mol. The zero-order valence-corrected chi connectivity index (χ0v) is 22.5. The number of nitrogens with zero attached hydrogens (tertiary/aromatic N) is 4. The van der Waals surface area contributed by atoms with E-state index in [-0.39, 0.29) is 0 Å². The zero-order valence-electron chi connectivity index (χ0n) is 22.5. The van der Waals surface area contributed by atoms with Crippen molar-refractivity contribution in [3.05, 3.63) is 145 Å². The molecular weight excluding hydrogens is 512 g/mol. The van der Waals surface area contributed by atoms with Gasteiger partial charge in [0, 0.05) is 32.7 Å². The van der Waals surface area contributed by atoms with Crippen LogP contribution in [0.4, 0.5) is 0 Å². The quantitative estimate of drug-likeness (QED) is 0.227. The summed E-state index contributed by atoms with van der Waals surface area (Å²) >= 11 is 0. The zero-order chi connectivity index (χ0) is 28.2. The van der Waals surface area contributed by atoms with Gasteiger partial charge in [0.1, 0.15) is 0 Å². The number of aromatic nitrogens is 2. The van der Waals surface area contributed by atoms with Crippen LogP contribution in [0.3, 0.4) is 0 Å². The maximum Gasteiger partial charge on any atom is 0.0998 e. The molecule has 0 aliphatic heterocycles. The predicted octanol–water partition coefficient (Wildman–Crippen LogP) is 9.29. The van der Waals surface area contributed by atoms with E-state index < -0.39 is 0 Å². The van der Waals surface area contributed by atoms with Crippen molar-refractivity contribution < 1.29 is 0 Å². The topological polar surface area (TPSA) is 57.4 Å². The van der Waals surface area contributed by atoms with E-state index in [0.717, 1.165) is 44.6 Å². The molecule has 42 heavy (non-hydrogen) atoms. The summed E-state index contributed by atoms with van der Waals surface area (Å²) in [6.07, 6.45) is 0. The number of nitriles is 2. The van der Waals surface area contributed by atoms with Gasteiger partial charge in [-0.25, -0.2) is 0 Å². The Morgan fingerprint density at radius 3 is 1.26 bits per heavy atom. The number of benzene rings is 6. The Balaban J connectivity index is 1.59. The van der Waals surface area contributed by atoms with Crippen molar-refractivity contribution in [3.63, 3.8) is 0 Å². The van der Waals surface area contributed by atoms with Gasteiger partial charge in [-0.1, -0.05) is 84.9 Å². The Kier molecular flexibility index (Phi) is 5.22. The third-order valence-electron chi connectivity index (χ3n) is 8.20. The van der Waals surface area contributed by atoms with Crippen molar-refractivity contribution in [2.24, 2.45) is 0 Å². The van der Waals surface area contributed by atoms with Crippen LogP contribution in [0, 0.1) is 22.7 Å². The minimum Gasteiger partial charge on any atom is -0.309 e. The molecule has 4 heteroatoms. The summed E-state index contributed by atoms with van der Waals surface area (Å²) < 4.78 is 4.60. The van der Waals surface area contributed by atoms with Gasteiger partial charge in [0.05, 0.1) is 56.7 Å². The van der Waals surface area contributed by atoms with E-state index >= 15 is 0 Å². The first-order valence-electron chi connectivity index (χ1n) is 13.8. The fraction of sp³-hybridized carbons (Fsp3) is 0. The van der Waals surface area contributed by atoms with Gasteiger partial charge in [-0.2, -0.15) is 10.5 Å². The molecule has 0 unspecified atom stereocenters. The highest BCUT2D eigenvalue weighted by molar-refractivity contribution is 6.12. The van der Waals surface area contributed by atoms with Crippen LogP contribution in [0.25, 0.3) is 66.1 Å². The molecule has 2 aromatic heterocycles. The summed E-state index contributed by atoms with van der Waals surface area (Å²) in [7, 11) is 0. The van der Waals surface area contributed by atoms with Crippen molar-refractivity contribution in [3.8, 4) is 34.6 Å². The largest absolute Gasteiger partial charge is 0.309 e. The molecule has 0 aliphatic carbocycles. The summed E-state index contributed by atoms with van der Waals surface area (Å²) in [6.45, 7) is 0. The number of hydrogen-bond donors (Lipinski definition) is 0. The average Bonchev–Trinajstić information content (AvgIpc) is 3.57. The van der Waals surface area contributed by atoms with Gasteiger partial charge in [0.25, 0.3) is 0 Å². The van der Waals surface area contributed by atoms with Crippen molar-refractivity contribution in [1.82, 2.24) is 9.13 Å². The normalized spacial score (nSPS) is 11.3. The van der Waals surface area contributed by atoms with Crippen molar-refractivity contribution in [2.75, 3.05) is 0 Å². The molecule has 0 amide bonds. The molecule has 194 valence electrons. The second-order valence-corrected chi connectivity index (χ2v) is 10.4. The molecule has 4 nitrogen and oxygen atoms in total. The lowest BCUT2D eigenvalue weighted by Gasteiger charge is -2.20. The van der Waals surface area contributed by atoms with E-state index in [2.05, 4.69) is 137 Å². The van der Waals surface area contributed by atoms with Crippen LogP contribution in [-0.2, 0) is 0 Å². The number of hydrogen-bond acceptors (Lipinski definition) is 2. The van der Waals surface area contributed by atoms with Crippen LogP contribution < -0.4 is 0 Å². The molecule has 0 fully saturated rings. The maximum absolute atomic E-state index is 10.4. The third-order valence-corrected chi connectivity index (χ3v) is 8.20. The first-order valence-corrected chi connectivity index (χ1v) is 13.8. The number of para-hydroxylation sites is 4. The van der Waals surface area contributed by atoms with Crippen molar-refractivity contribution in [1.29, 1.82) is 10.5 Å². The molecule has 8 aromatic rings. The van der Waals surface area contributed by atoms with Crippen molar-refractivity contribution >= 4 is 43.6 Å². The Morgan fingerprint density at radius 1 is 0.429 bits per heavy atom. The first-order chi connectivity index (χ1) is 20.8. The number of rotatable bonds is 3. The molecule has 0 N–H and O–H groups in total. The van der Waals surface area contributed by atoms with Gasteiger partial charge in [-0.3, -0.25) is 0 Å². The van der Waals surface area contributed by atoms with Crippen LogP contribution >= 0.6 is 0 Å². The van der Waals surface area contributed by atoms with Gasteiger partial charge < -0.3 is 9.13 Å². The fourth-order valence-electron chi connectivity index (χ4n) is 6.47. The summed E-state index contributed by atoms with van der Waals surface area (Å²) in [5.74, 6) is 0. The second-order valence-electron chi connectivity index (χ2n) is 10.4.